The van der Waals surface area contributed by atoms with Crippen LogP contribution in [-0.4, -0.2) is 36.0 Å². The Balaban J connectivity index is 1.46. The summed E-state index contributed by atoms with van der Waals surface area (Å²) in [5.74, 6) is 0.929. The third-order valence-electron chi connectivity index (χ3n) is 5.16. The van der Waals surface area contributed by atoms with Crippen molar-refractivity contribution in [3.8, 4) is 5.75 Å². The molecule has 28 heavy (non-hydrogen) atoms. The van der Waals surface area contributed by atoms with Gasteiger partial charge in [0.15, 0.2) is 0 Å². The maximum Gasteiger partial charge on any atom is 0.319 e. The molecule has 0 bridgehead atoms. The summed E-state index contributed by atoms with van der Waals surface area (Å²) in [4.78, 5) is 26.4. The zero-order valence-electron chi connectivity index (χ0n) is 16.6. The van der Waals surface area contributed by atoms with Gasteiger partial charge in [0.05, 0.1) is 13.5 Å². The van der Waals surface area contributed by atoms with Gasteiger partial charge in [-0.2, -0.15) is 0 Å². The molecule has 0 saturated carbocycles. The molecule has 1 aliphatic rings. The summed E-state index contributed by atoms with van der Waals surface area (Å²) in [6.45, 7) is 5.44. The largest absolute Gasteiger partial charge is 0.497 e. The fraction of sp³-hybridized carbons (Fsp3) is 0.364. The second kappa shape index (κ2) is 8.33. The lowest BCUT2D eigenvalue weighted by atomic mass is 9.88. The van der Waals surface area contributed by atoms with E-state index in [0.717, 1.165) is 29.8 Å². The van der Waals surface area contributed by atoms with Crippen molar-refractivity contribution in [1.29, 1.82) is 0 Å². The number of hydrogen-bond donors (Lipinski definition) is 2. The predicted octanol–water partition coefficient (Wildman–Crippen LogP) is 3.57. The van der Waals surface area contributed by atoms with E-state index in [0.29, 0.717) is 18.7 Å². The van der Waals surface area contributed by atoms with E-state index in [4.69, 9.17) is 4.74 Å². The van der Waals surface area contributed by atoms with Crippen LogP contribution in [0.3, 0.4) is 0 Å². The minimum atomic E-state index is -0.276. The molecule has 0 aromatic heterocycles. The number of anilines is 1. The normalized spacial score (nSPS) is 14.8. The lowest BCUT2D eigenvalue weighted by Crippen LogP contribution is -2.58. The van der Waals surface area contributed by atoms with E-state index in [-0.39, 0.29) is 17.5 Å². The van der Waals surface area contributed by atoms with Crippen LogP contribution in [0.15, 0.2) is 48.5 Å². The van der Waals surface area contributed by atoms with Crippen LogP contribution >= 0.6 is 0 Å². The summed E-state index contributed by atoms with van der Waals surface area (Å²) in [7, 11) is 1.62. The smallest absolute Gasteiger partial charge is 0.319 e. The van der Waals surface area contributed by atoms with Crippen molar-refractivity contribution < 1.29 is 14.3 Å². The lowest BCUT2D eigenvalue weighted by molar-refractivity contribution is -0.143. The number of hydrogen-bond acceptors (Lipinski definition) is 3. The van der Waals surface area contributed by atoms with Crippen LogP contribution in [0.2, 0.25) is 0 Å². The van der Waals surface area contributed by atoms with E-state index in [2.05, 4.69) is 24.5 Å². The monoisotopic (exact) mass is 381 g/mol. The molecular weight excluding hydrogens is 354 g/mol. The molecule has 3 rings (SSSR count). The Labute approximate surface area is 165 Å². The first-order valence-corrected chi connectivity index (χ1v) is 9.44. The second-order valence-corrected chi connectivity index (χ2v) is 7.64. The number of amides is 3. The zero-order chi connectivity index (χ0) is 20.1. The standard InChI is InChI=1S/C22H27N3O3/c1-22(2)12-13-25(22)20(26)14-16-4-8-18(9-5-16)24-21(27)23-15-17-6-10-19(28-3)11-7-17/h4-11H,12-15H2,1-3H3,(H2,23,24,27). The van der Waals surface area contributed by atoms with Crippen LogP contribution in [-0.2, 0) is 17.8 Å². The zero-order valence-corrected chi connectivity index (χ0v) is 16.6. The lowest BCUT2D eigenvalue weighted by Gasteiger charge is -2.48. The maximum atomic E-state index is 12.4. The highest BCUT2D eigenvalue weighted by Gasteiger charge is 2.38. The summed E-state index contributed by atoms with van der Waals surface area (Å²) in [5, 5.41) is 5.62. The molecule has 1 saturated heterocycles. The Morgan fingerprint density at radius 2 is 1.68 bits per heavy atom. The van der Waals surface area contributed by atoms with Gasteiger partial charge in [-0.15, -0.1) is 0 Å². The van der Waals surface area contributed by atoms with Gasteiger partial charge in [-0.3, -0.25) is 4.79 Å². The van der Waals surface area contributed by atoms with Crippen molar-refractivity contribution in [3.05, 3.63) is 59.7 Å². The minimum absolute atomic E-state index is 0.0272. The average Bonchev–Trinajstić information content (AvgIpc) is 2.67. The molecule has 6 heteroatoms. The van der Waals surface area contributed by atoms with Crippen LogP contribution < -0.4 is 15.4 Å². The van der Waals surface area contributed by atoms with Gasteiger partial charge in [0.1, 0.15) is 5.75 Å². The van der Waals surface area contributed by atoms with Crippen molar-refractivity contribution in [2.45, 2.75) is 38.8 Å². The first-order chi connectivity index (χ1) is 13.4. The Bertz CT molecular complexity index is 829. The van der Waals surface area contributed by atoms with Gasteiger partial charge in [-0.1, -0.05) is 24.3 Å². The Kier molecular flexibility index (Phi) is 5.87. The number of methoxy groups -OCH3 is 1. The highest BCUT2D eigenvalue weighted by atomic mass is 16.5. The number of carbonyl (C=O) groups excluding carboxylic acids is 2. The Morgan fingerprint density at radius 3 is 2.21 bits per heavy atom. The van der Waals surface area contributed by atoms with Crippen LogP contribution in [0.1, 0.15) is 31.4 Å². The molecule has 3 amide bonds. The van der Waals surface area contributed by atoms with Gasteiger partial charge >= 0.3 is 6.03 Å². The van der Waals surface area contributed by atoms with Crippen molar-refractivity contribution in [2.24, 2.45) is 0 Å². The fourth-order valence-corrected chi connectivity index (χ4v) is 3.21. The molecule has 1 heterocycles. The average molecular weight is 381 g/mol. The summed E-state index contributed by atoms with van der Waals surface area (Å²) in [5.41, 5.74) is 2.59. The molecule has 0 radical (unpaired) electrons. The number of carbonyl (C=O) groups is 2. The first-order valence-electron chi connectivity index (χ1n) is 9.44. The summed E-state index contributed by atoms with van der Waals surface area (Å²) in [6.07, 6.45) is 1.43. The molecule has 148 valence electrons. The van der Waals surface area contributed by atoms with Crippen LogP contribution in [0.5, 0.6) is 5.75 Å². The van der Waals surface area contributed by atoms with Gasteiger partial charge in [0, 0.05) is 24.3 Å². The number of ether oxygens (including phenoxy) is 1. The van der Waals surface area contributed by atoms with Crippen molar-refractivity contribution >= 4 is 17.6 Å². The third kappa shape index (κ3) is 4.82. The highest BCUT2D eigenvalue weighted by molar-refractivity contribution is 5.89. The van der Waals surface area contributed by atoms with Gasteiger partial charge in [-0.25, -0.2) is 4.79 Å². The van der Waals surface area contributed by atoms with Gasteiger partial charge in [-0.05, 0) is 55.7 Å². The molecule has 0 aliphatic carbocycles. The summed E-state index contributed by atoms with van der Waals surface area (Å²) < 4.78 is 5.12. The van der Waals surface area contributed by atoms with E-state index >= 15 is 0 Å². The van der Waals surface area contributed by atoms with Gasteiger partial charge in [0.2, 0.25) is 5.91 Å². The number of rotatable bonds is 6. The predicted molar refractivity (Wildman–Crippen MR) is 109 cm³/mol. The van der Waals surface area contributed by atoms with E-state index in [1.54, 1.807) is 7.11 Å². The number of urea groups is 1. The van der Waals surface area contributed by atoms with Crippen molar-refractivity contribution in [3.63, 3.8) is 0 Å². The quantitative estimate of drug-likeness (QED) is 0.804. The molecule has 1 aliphatic heterocycles. The number of benzene rings is 2. The van der Waals surface area contributed by atoms with Crippen LogP contribution in [0.25, 0.3) is 0 Å². The number of nitrogens with one attached hydrogen (secondary N) is 2. The topological polar surface area (TPSA) is 70.7 Å². The first kappa shape index (κ1) is 19.7. The molecule has 2 aromatic carbocycles. The van der Waals surface area contributed by atoms with Crippen molar-refractivity contribution in [1.82, 2.24) is 10.2 Å². The SMILES string of the molecule is COc1ccc(CNC(=O)Nc2ccc(CC(=O)N3CCC3(C)C)cc2)cc1. The molecule has 6 nitrogen and oxygen atoms in total. The molecular formula is C22H27N3O3. The Morgan fingerprint density at radius 1 is 1.04 bits per heavy atom. The van der Waals surface area contributed by atoms with E-state index in [1.165, 1.54) is 0 Å². The molecule has 2 N–H and O–H groups in total. The van der Waals surface area contributed by atoms with E-state index in [1.807, 2.05) is 53.4 Å². The van der Waals surface area contributed by atoms with E-state index in [9.17, 15) is 9.59 Å². The van der Waals surface area contributed by atoms with Crippen LogP contribution in [0.4, 0.5) is 10.5 Å². The second-order valence-electron chi connectivity index (χ2n) is 7.64. The summed E-state index contributed by atoms with van der Waals surface area (Å²) in [6, 6.07) is 14.6. The fourth-order valence-electron chi connectivity index (χ4n) is 3.21. The third-order valence-corrected chi connectivity index (χ3v) is 5.16. The Hall–Kier alpha value is -3.02. The van der Waals surface area contributed by atoms with Gasteiger partial charge < -0.3 is 20.3 Å². The highest BCUT2D eigenvalue weighted by Crippen LogP contribution is 2.30. The molecule has 1 fully saturated rings. The number of nitrogens with zero attached hydrogens (tertiary/aromatic N) is 1. The van der Waals surface area contributed by atoms with Gasteiger partial charge in [0.25, 0.3) is 0 Å². The van der Waals surface area contributed by atoms with Crippen LogP contribution in [0, 0.1) is 0 Å². The molecule has 0 spiro atoms. The molecule has 2 aromatic rings. The molecule has 0 unspecified atom stereocenters. The maximum absolute atomic E-state index is 12.4. The minimum Gasteiger partial charge on any atom is -0.497 e. The van der Waals surface area contributed by atoms with Crippen molar-refractivity contribution in [2.75, 3.05) is 19.0 Å². The molecule has 0 atom stereocenters. The summed E-state index contributed by atoms with van der Waals surface area (Å²) >= 11 is 0. The van der Waals surface area contributed by atoms with E-state index < -0.39 is 0 Å². The number of likely N-dealkylation sites (tertiary alicyclic amines) is 1.